The number of nitrogens with one attached hydrogen (secondary N) is 1. The maximum absolute atomic E-state index is 12.4. The molecule has 1 aliphatic rings. The van der Waals surface area contributed by atoms with Crippen molar-refractivity contribution in [2.75, 3.05) is 36.4 Å². The van der Waals surface area contributed by atoms with Gasteiger partial charge in [-0.25, -0.2) is 4.98 Å². The van der Waals surface area contributed by atoms with Gasteiger partial charge in [0.05, 0.1) is 5.69 Å². The Kier molecular flexibility index (Phi) is 5.33. The molecule has 0 radical (unpaired) electrons. The SMILES string of the molecule is Cc1ccc(NC(=O)C(=O)N2CCN(c3ccccn3)CC2)c(Br)c1. The fourth-order valence-corrected chi connectivity index (χ4v) is 3.31. The molecule has 2 amide bonds. The van der Waals surface area contributed by atoms with Gasteiger partial charge in [-0.05, 0) is 52.7 Å². The van der Waals surface area contributed by atoms with Gasteiger partial charge in [0, 0.05) is 36.8 Å². The molecule has 1 aliphatic heterocycles. The normalized spacial score (nSPS) is 14.3. The average molecular weight is 403 g/mol. The second kappa shape index (κ2) is 7.65. The van der Waals surface area contributed by atoms with Crippen LogP contribution in [0.3, 0.4) is 0 Å². The van der Waals surface area contributed by atoms with Crippen molar-refractivity contribution in [3.05, 3.63) is 52.6 Å². The van der Waals surface area contributed by atoms with E-state index in [0.29, 0.717) is 31.9 Å². The van der Waals surface area contributed by atoms with E-state index in [9.17, 15) is 9.59 Å². The van der Waals surface area contributed by atoms with Gasteiger partial charge in [0.1, 0.15) is 5.82 Å². The van der Waals surface area contributed by atoms with Gasteiger partial charge < -0.3 is 15.1 Å². The summed E-state index contributed by atoms with van der Waals surface area (Å²) in [6, 6.07) is 11.3. The summed E-state index contributed by atoms with van der Waals surface area (Å²) in [6.45, 7) is 4.27. The molecule has 2 aromatic rings. The Labute approximate surface area is 155 Å². The summed E-state index contributed by atoms with van der Waals surface area (Å²) in [5.74, 6) is -0.230. The third-order valence-corrected chi connectivity index (χ3v) is 4.76. The highest BCUT2D eigenvalue weighted by molar-refractivity contribution is 9.10. The van der Waals surface area contributed by atoms with Crippen molar-refractivity contribution in [1.82, 2.24) is 9.88 Å². The van der Waals surface area contributed by atoms with Gasteiger partial charge in [0.15, 0.2) is 0 Å². The van der Waals surface area contributed by atoms with Crippen LogP contribution in [-0.2, 0) is 9.59 Å². The molecule has 0 unspecified atom stereocenters. The Balaban J connectivity index is 1.57. The average Bonchev–Trinajstić information content (AvgIpc) is 2.64. The Hall–Kier alpha value is -2.41. The third-order valence-electron chi connectivity index (χ3n) is 4.11. The third kappa shape index (κ3) is 4.17. The summed E-state index contributed by atoms with van der Waals surface area (Å²) in [5.41, 5.74) is 1.66. The van der Waals surface area contributed by atoms with Crippen LogP contribution >= 0.6 is 15.9 Å². The van der Waals surface area contributed by atoms with Gasteiger partial charge in [0.25, 0.3) is 0 Å². The van der Waals surface area contributed by atoms with Crippen LogP contribution in [0.25, 0.3) is 0 Å². The molecule has 3 rings (SSSR count). The number of pyridine rings is 1. The number of aromatic nitrogens is 1. The number of aryl methyl sites for hydroxylation is 1. The zero-order chi connectivity index (χ0) is 17.8. The van der Waals surface area contributed by atoms with Crippen LogP contribution < -0.4 is 10.2 Å². The van der Waals surface area contributed by atoms with E-state index in [1.54, 1.807) is 17.2 Å². The second-order valence-electron chi connectivity index (χ2n) is 5.90. The first-order chi connectivity index (χ1) is 12.0. The van der Waals surface area contributed by atoms with Crippen LogP contribution in [0, 0.1) is 6.92 Å². The number of hydrogen-bond acceptors (Lipinski definition) is 4. The lowest BCUT2D eigenvalue weighted by molar-refractivity contribution is -0.143. The van der Waals surface area contributed by atoms with E-state index in [1.807, 2.05) is 37.3 Å². The lowest BCUT2D eigenvalue weighted by atomic mass is 10.2. The summed E-state index contributed by atoms with van der Waals surface area (Å²) in [7, 11) is 0. The predicted molar refractivity (Wildman–Crippen MR) is 101 cm³/mol. The lowest BCUT2D eigenvalue weighted by Crippen LogP contribution is -2.51. The Morgan fingerprint density at radius 1 is 1.12 bits per heavy atom. The first kappa shape index (κ1) is 17.4. The molecule has 2 heterocycles. The molecule has 130 valence electrons. The number of halogens is 1. The van der Waals surface area contributed by atoms with Gasteiger partial charge in [-0.1, -0.05) is 12.1 Å². The van der Waals surface area contributed by atoms with Gasteiger partial charge in [-0.15, -0.1) is 0 Å². The number of piperazine rings is 1. The van der Waals surface area contributed by atoms with E-state index >= 15 is 0 Å². The summed E-state index contributed by atoms with van der Waals surface area (Å²) < 4.78 is 0.758. The minimum absolute atomic E-state index is 0.498. The molecule has 1 saturated heterocycles. The molecule has 1 fully saturated rings. The molecule has 0 atom stereocenters. The zero-order valence-electron chi connectivity index (χ0n) is 13.9. The Morgan fingerprint density at radius 3 is 2.52 bits per heavy atom. The molecule has 25 heavy (non-hydrogen) atoms. The molecule has 0 aliphatic carbocycles. The minimum atomic E-state index is -0.615. The predicted octanol–water partition coefficient (Wildman–Crippen LogP) is 2.44. The topological polar surface area (TPSA) is 65.5 Å². The summed E-state index contributed by atoms with van der Waals surface area (Å²) in [4.78, 5) is 32.6. The first-order valence-corrected chi connectivity index (χ1v) is 8.86. The number of hydrogen-bond donors (Lipinski definition) is 1. The van der Waals surface area contributed by atoms with Crippen molar-refractivity contribution in [2.45, 2.75) is 6.92 Å². The van der Waals surface area contributed by atoms with Gasteiger partial charge in [0.2, 0.25) is 0 Å². The fourth-order valence-electron chi connectivity index (χ4n) is 2.72. The maximum atomic E-state index is 12.4. The molecule has 1 N–H and O–H groups in total. The summed E-state index contributed by atoms with van der Waals surface area (Å²) >= 11 is 3.40. The van der Waals surface area contributed by atoms with Crippen LogP contribution in [0.4, 0.5) is 11.5 Å². The Bertz CT molecular complexity index is 774. The number of carbonyl (C=O) groups excluding carboxylic acids is 2. The molecular formula is C18H19BrN4O2. The van der Waals surface area contributed by atoms with E-state index in [1.165, 1.54) is 0 Å². The van der Waals surface area contributed by atoms with Crippen molar-refractivity contribution in [2.24, 2.45) is 0 Å². The molecule has 6 nitrogen and oxygen atoms in total. The van der Waals surface area contributed by atoms with E-state index < -0.39 is 11.8 Å². The molecule has 7 heteroatoms. The zero-order valence-corrected chi connectivity index (χ0v) is 15.5. The molecule has 1 aromatic carbocycles. The van der Waals surface area contributed by atoms with Gasteiger partial charge in [-0.2, -0.15) is 0 Å². The van der Waals surface area contributed by atoms with Crippen LogP contribution in [0.1, 0.15) is 5.56 Å². The quantitative estimate of drug-likeness (QED) is 0.783. The highest BCUT2D eigenvalue weighted by Gasteiger charge is 2.26. The fraction of sp³-hybridized carbons (Fsp3) is 0.278. The Morgan fingerprint density at radius 2 is 1.88 bits per heavy atom. The molecule has 0 saturated carbocycles. The number of anilines is 2. The summed E-state index contributed by atoms with van der Waals surface area (Å²) in [5, 5.41) is 2.67. The first-order valence-electron chi connectivity index (χ1n) is 8.07. The van der Waals surface area contributed by atoms with Gasteiger partial charge >= 0.3 is 11.8 Å². The largest absolute Gasteiger partial charge is 0.353 e. The molecule has 0 spiro atoms. The highest BCUT2D eigenvalue weighted by Crippen LogP contribution is 2.23. The number of amides is 2. The van der Waals surface area contributed by atoms with Crippen LogP contribution in [-0.4, -0.2) is 47.9 Å². The molecule has 0 bridgehead atoms. The minimum Gasteiger partial charge on any atom is -0.353 e. The van der Waals surface area contributed by atoms with E-state index in [-0.39, 0.29) is 0 Å². The summed E-state index contributed by atoms with van der Waals surface area (Å²) in [6.07, 6.45) is 1.75. The van der Waals surface area contributed by atoms with E-state index in [0.717, 1.165) is 15.9 Å². The number of carbonyl (C=O) groups is 2. The lowest BCUT2D eigenvalue weighted by Gasteiger charge is -2.35. The number of benzene rings is 1. The van der Waals surface area contributed by atoms with Crippen molar-refractivity contribution in [3.63, 3.8) is 0 Å². The van der Waals surface area contributed by atoms with Crippen LogP contribution in [0.5, 0.6) is 0 Å². The van der Waals surface area contributed by atoms with Crippen molar-refractivity contribution in [3.8, 4) is 0 Å². The highest BCUT2D eigenvalue weighted by atomic mass is 79.9. The smallest absolute Gasteiger partial charge is 0.313 e. The number of nitrogens with zero attached hydrogens (tertiary/aromatic N) is 3. The second-order valence-corrected chi connectivity index (χ2v) is 6.76. The molecule has 1 aromatic heterocycles. The van der Waals surface area contributed by atoms with Crippen molar-refractivity contribution >= 4 is 39.2 Å². The van der Waals surface area contributed by atoms with Crippen molar-refractivity contribution < 1.29 is 9.59 Å². The van der Waals surface area contributed by atoms with Crippen molar-refractivity contribution in [1.29, 1.82) is 0 Å². The van der Waals surface area contributed by atoms with E-state index in [4.69, 9.17) is 0 Å². The van der Waals surface area contributed by atoms with E-state index in [2.05, 4.69) is 31.1 Å². The monoisotopic (exact) mass is 402 g/mol. The van der Waals surface area contributed by atoms with Crippen LogP contribution in [0.2, 0.25) is 0 Å². The number of rotatable bonds is 2. The molecular weight excluding hydrogens is 384 g/mol. The maximum Gasteiger partial charge on any atom is 0.313 e. The standard InChI is InChI=1S/C18H19BrN4O2/c1-13-5-6-15(14(19)12-13)21-17(24)18(25)23-10-8-22(9-11-23)16-4-2-3-7-20-16/h2-7,12H,8-11H2,1H3,(H,21,24). The van der Waals surface area contributed by atoms with Crippen LogP contribution in [0.15, 0.2) is 47.1 Å². The van der Waals surface area contributed by atoms with Gasteiger partial charge in [-0.3, -0.25) is 9.59 Å².